The van der Waals surface area contributed by atoms with Gasteiger partial charge in [0.2, 0.25) is 0 Å². The van der Waals surface area contributed by atoms with Gasteiger partial charge in [0, 0.05) is 19.5 Å². The normalized spacial score (nSPS) is 12.6. The molecule has 0 radical (unpaired) electrons. The highest BCUT2D eigenvalue weighted by atomic mass is 15.3. The predicted octanol–water partition coefficient (Wildman–Crippen LogP) is 1.58. The molecule has 1 unspecified atom stereocenters. The molecule has 1 atom stereocenters. The summed E-state index contributed by atoms with van der Waals surface area (Å²) in [7, 11) is 3.94. The fraction of sp³-hybridized carbons (Fsp3) is 0.429. The SMILES string of the molecule is CNC(CCc1ccccc1)Cc1ncnn1C. The Bertz CT molecular complexity index is 464. The maximum absolute atomic E-state index is 4.27. The molecule has 0 spiro atoms. The Morgan fingerprint density at radius 3 is 2.67 bits per heavy atom. The molecule has 0 aliphatic heterocycles. The smallest absolute Gasteiger partial charge is 0.138 e. The molecule has 1 N–H and O–H groups in total. The standard InChI is InChI=1S/C14H20N4/c1-15-13(10-14-16-11-17-18(14)2)9-8-12-6-4-3-5-7-12/h3-7,11,13,15H,8-10H2,1-2H3. The monoisotopic (exact) mass is 244 g/mol. The fourth-order valence-corrected chi connectivity index (χ4v) is 2.06. The predicted molar refractivity (Wildman–Crippen MR) is 72.3 cm³/mol. The molecule has 4 heteroatoms. The number of hydrogen-bond donors (Lipinski definition) is 1. The van der Waals surface area contributed by atoms with Crippen LogP contribution in [0.25, 0.3) is 0 Å². The summed E-state index contributed by atoms with van der Waals surface area (Å²) < 4.78 is 1.84. The van der Waals surface area contributed by atoms with Crippen LogP contribution in [-0.2, 0) is 19.9 Å². The van der Waals surface area contributed by atoms with Crippen molar-refractivity contribution in [2.45, 2.75) is 25.3 Å². The van der Waals surface area contributed by atoms with Crippen molar-refractivity contribution in [2.24, 2.45) is 7.05 Å². The number of aryl methyl sites for hydroxylation is 2. The molecule has 1 aromatic carbocycles. The molecule has 0 aliphatic carbocycles. The maximum Gasteiger partial charge on any atom is 0.138 e. The van der Waals surface area contributed by atoms with Crippen molar-refractivity contribution in [3.8, 4) is 0 Å². The third kappa shape index (κ3) is 3.40. The fourth-order valence-electron chi connectivity index (χ4n) is 2.06. The molecular formula is C14H20N4. The van der Waals surface area contributed by atoms with Crippen LogP contribution < -0.4 is 5.32 Å². The van der Waals surface area contributed by atoms with Crippen LogP contribution in [0.15, 0.2) is 36.7 Å². The van der Waals surface area contributed by atoms with Gasteiger partial charge in [-0.1, -0.05) is 30.3 Å². The zero-order valence-electron chi connectivity index (χ0n) is 11.0. The average molecular weight is 244 g/mol. The lowest BCUT2D eigenvalue weighted by molar-refractivity contribution is 0.497. The van der Waals surface area contributed by atoms with E-state index in [0.717, 1.165) is 25.1 Å². The van der Waals surface area contributed by atoms with E-state index in [2.05, 4.69) is 45.7 Å². The number of hydrogen-bond acceptors (Lipinski definition) is 3. The van der Waals surface area contributed by atoms with E-state index < -0.39 is 0 Å². The number of likely N-dealkylation sites (N-methyl/N-ethyl adjacent to an activating group) is 1. The Kier molecular flexibility index (Phi) is 4.47. The summed E-state index contributed by atoms with van der Waals surface area (Å²) in [6.45, 7) is 0. The van der Waals surface area contributed by atoms with Crippen molar-refractivity contribution in [3.05, 3.63) is 48.0 Å². The zero-order chi connectivity index (χ0) is 12.8. The molecule has 0 bridgehead atoms. The van der Waals surface area contributed by atoms with Gasteiger partial charge in [-0.15, -0.1) is 0 Å². The van der Waals surface area contributed by atoms with Crippen molar-refractivity contribution >= 4 is 0 Å². The van der Waals surface area contributed by atoms with Crippen LogP contribution in [0.2, 0.25) is 0 Å². The molecule has 96 valence electrons. The summed E-state index contributed by atoms with van der Waals surface area (Å²) in [5.74, 6) is 1.03. The Morgan fingerprint density at radius 1 is 1.28 bits per heavy atom. The van der Waals surface area contributed by atoms with Crippen LogP contribution in [0, 0.1) is 0 Å². The molecule has 18 heavy (non-hydrogen) atoms. The number of benzene rings is 1. The molecule has 1 aromatic heterocycles. The Balaban J connectivity index is 1.88. The first-order valence-electron chi connectivity index (χ1n) is 6.33. The lowest BCUT2D eigenvalue weighted by Crippen LogP contribution is -2.29. The van der Waals surface area contributed by atoms with Crippen molar-refractivity contribution in [1.82, 2.24) is 20.1 Å². The maximum atomic E-state index is 4.27. The molecule has 0 fully saturated rings. The summed E-state index contributed by atoms with van der Waals surface area (Å²) in [5, 5.41) is 7.46. The number of nitrogens with zero attached hydrogens (tertiary/aromatic N) is 3. The lowest BCUT2D eigenvalue weighted by Gasteiger charge is -2.15. The first kappa shape index (κ1) is 12.8. The zero-order valence-corrected chi connectivity index (χ0v) is 11.0. The van der Waals surface area contributed by atoms with E-state index in [0.29, 0.717) is 6.04 Å². The molecule has 0 amide bonds. The van der Waals surface area contributed by atoms with E-state index in [4.69, 9.17) is 0 Å². The highest BCUT2D eigenvalue weighted by Gasteiger charge is 2.10. The minimum absolute atomic E-state index is 0.438. The van der Waals surface area contributed by atoms with E-state index in [1.54, 1.807) is 6.33 Å². The second-order valence-corrected chi connectivity index (χ2v) is 4.51. The van der Waals surface area contributed by atoms with Crippen molar-refractivity contribution in [1.29, 1.82) is 0 Å². The van der Waals surface area contributed by atoms with Gasteiger partial charge < -0.3 is 5.32 Å². The van der Waals surface area contributed by atoms with Crippen molar-refractivity contribution < 1.29 is 0 Å². The second-order valence-electron chi connectivity index (χ2n) is 4.51. The number of aromatic nitrogens is 3. The van der Waals surface area contributed by atoms with Gasteiger partial charge in [-0.05, 0) is 25.5 Å². The number of rotatable bonds is 6. The van der Waals surface area contributed by atoms with E-state index in [-0.39, 0.29) is 0 Å². The third-order valence-electron chi connectivity index (χ3n) is 3.27. The van der Waals surface area contributed by atoms with Crippen molar-refractivity contribution in [2.75, 3.05) is 7.05 Å². The van der Waals surface area contributed by atoms with Gasteiger partial charge in [0.15, 0.2) is 0 Å². The highest BCUT2D eigenvalue weighted by Crippen LogP contribution is 2.08. The Labute approximate surface area is 108 Å². The van der Waals surface area contributed by atoms with Gasteiger partial charge in [-0.25, -0.2) is 4.98 Å². The van der Waals surface area contributed by atoms with Gasteiger partial charge in [0.25, 0.3) is 0 Å². The molecule has 0 saturated carbocycles. The molecular weight excluding hydrogens is 224 g/mol. The molecule has 0 aliphatic rings. The quantitative estimate of drug-likeness (QED) is 0.839. The highest BCUT2D eigenvalue weighted by molar-refractivity contribution is 5.14. The van der Waals surface area contributed by atoms with Gasteiger partial charge in [-0.2, -0.15) is 5.10 Å². The van der Waals surface area contributed by atoms with Crippen molar-refractivity contribution in [3.63, 3.8) is 0 Å². The lowest BCUT2D eigenvalue weighted by atomic mass is 10.0. The van der Waals surface area contributed by atoms with Gasteiger partial charge in [0.1, 0.15) is 12.2 Å². The van der Waals surface area contributed by atoms with Gasteiger partial charge >= 0.3 is 0 Å². The summed E-state index contributed by atoms with van der Waals surface area (Å²) >= 11 is 0. The summed E-state index contributed by atoms with van der Waals surface area (Å²) in [6.07, 6.45) is 4.72. The van der Waals surface area contributed by atoms with E-state index in [1.165, 1.54) is 5.56 Å². The van der Waals surface area contributed by atoms with Crippen LogP contribution in [0.1, 0.15) is 17.8 Å². The molecule has 2 rings (SSSR count). The van der Waals surface area contributed by atoms with E-state index in [1.807, 2.05) is 18.8 Å². The Hall–Kier alpha value is -1.68. The van der Waals surface area contributed by atoms with Crippen LogP contribution >= 0.6 is 0 Å². The summed E-state index contributed by atoms with van der Waals surface area (Å²) in [5.41, 5.74) is 1.38. The summed E-state index contributed by atoms with van der Waals surface area (Å²) in [6, 6.07) is 11.0. The molecule has 1 heterocycles. The second kappa shape index (κ2) is 6.31. The van der Waals surface area contributed by atoms with Crippen LogP contribution in [0.3, 0.4) is 0 Å². The minimum atomic E-state index is 0.438. The minimum Gasteiger partial charge on any atom is -0.317 e. The molecule has 0 saturated heterocycles. The van der Waals surface area contributed by atoms with E-state index in [9.17, 15) is 0 Å². The number of nitrogens with one attached hydrogen (secondary N) is 1. The van der Waals surface area contributed by atoms with Gasteiger partial charge in [-0.3, -0.25) is 4.68 Å². The van der Waals surface area contributed by atoms with Crippen LogP contribution in [-0.4, -0.2) is 27.9 Å². The molecule has 2 aromatic rings. The van der Waals surface area contributed by atoms with E-state index >= 15 is 0 Å². The Morgan fingerprint density at radius 2 is 2.06 bits per heavy atom. The topological polar surface area (TPSA) is 42.7 Å². The largest absolute Gasteiger partial charge is 0.317 e. The third-order valence-corrected chi connectivity index (χ3v) is 3.27. The van der Waals surface area contributed by atoms with Gasteiger partial charge in [0.05, 0.1) is 0 Å². The average Bonchev–Trinajstić information content (AvgIpc) is 2.81. The summed E-state index contributed by atoms with van der Waals surface area (Å²) in [4.78, 5) is 4.27. The van der Waals surface area contributed by atoms with Crippen LogP contribution in [0.4, 0.5) is 0 Å². The molecule has 4 nitrogen and oxygen atoms in total. The first-order valence-corrected chi connectivity index (χ1v) is 6.33. The first-order chi connectivity index (χ1) is 8.79. The van der Waals surface area contributed by atoms with Crippen LogP contribution in [0.5, 0.6) is 0 Å².